The lowest BCUT2D eigenvalue weighted by molar-refractivity contribution is -0.139. The van der Waals surface area contributed by atoms with Crippen molar-refractivity contribution < 1.29 is 28.6 Å². The highest BCUT2D eigenvalue weighted by Crippen LogP contribution is 2.16. The van der Waals surface area contributed by atoms with Crippen LogP contribution in [-0.2, 0) is 14.3 Å². The van der Waals surface area contributed by atoms with Gasteiger partial charge < -0.3 is 14.2 Å². The van der Waals surface area contributed by atoms with Gasteiger partial charge in [0, 0.05) is 5.57 Å². The van der Waals surface area contributed by atoms with Crippen LogP contribution in [0.15, 0.2) is 60.7 Å². The number of nitriles is 1. The van der Waals surface area contributed by atoms with Crippen LogP contribution in [0.1, 0.15) is 65.3 Å². The van der Waals surface area contributed by atoms with E-state index in [1.54, 1.807) is 6.92 Å². The SMILES string of the molecule is C=C(C)C(=O)OCCCCCCCOC(=O)c1ccc(OC(=O)c2ccc(C#N)cc2)cc1. The van der Waals surface area contributed by atoms with Gasteiger partial charge in [0.2, 0.25) is 0 Å². The van der Waals surface area contributed by atoms with Gasteiger partial charge in [-0.2, -0.15) is 5.26 Å². The summed E-state index contributed by atoms with van der Waals surface area (Å²) in [7, 11) is 0. The molecule has 33 heavy (non-hydrogen) atoms. The van der Waals surface area contributed by atoms with Crippen molar-refractivity contribution in [1.29, 1.82) is 5.26 Å². The van der Waals surface area contributed by atoms with Crippen molar-refractivity contribution in [3.05, 3.63) is 77.4 Å². The number of ether oxygens (including phenoxy) is 3. The minimum absolute atomic E-state index is 0.301. The third-order valence-corrected chi connectivity index (χ3v) is 4.65. The van der Waals surface area contributed by atoms with Gasteiger partial charge in [-0.1, -0.05) is 25.8 Å². The second-order valence-electron chi connectivity index (χ2n) is 7.42. The fourth-order valence-corrected chi connectivity index (χ4v) is 2.78. The molecule has 0 N–H and O–H groups in total. The summed E-state index contributed by atoms with van der Waals surface area (Å²) in [6.07, 6.45) is 4.34. The van der Waals surface area contributed by atoms with Gasteiger partial charge in [0.1, 0.15) is 5.75 Å². The Balaban J connectivity index is 1.63. The van der Waals surface area contributed by atoms with Crippen molar-refractivity contribution in [1.82, 2.24) is 0 Å². The molecule has 0 radical (unpaired) electrons. The first-order valence-corrected chi connectivity index (χ1v) is 10.7. The molecule has 0 heterocycles. The fraction of sp³-hybridized carbons (Fsp3) is 0.308. The maximum atomic E-state index is 12.2. The number of carbonyl (C=O) groups excluding carboxylic acids is 3. The maximum Gasteiger partial charge on any atom is 0.343 e. The van der Waals surface area contributed by atoms with Crippen LogP contribution >= 0.6 is 0 Å². The molecule has 2 aromatic rings. The quantitative estimate of drug-likeness (QED) is 0.194. The molecule has 0 atom stereocenters. The maximum absolute atomic E-state index is 12.2. The lowest BCUT2D eigenvalue weighted by atomic mass is 10.1. The third kappa shape index (κ3) is 8.99. The van der Waals surface area contributed by atoms with E-state index in [0.717, 1.165) is 32.1 Å². The summed E-state index contributed by atoms with van der Waals surface area (Å²) in [6.45, 7) is 5.85. The number of rotatable bonds is 12. The lowest BCUT2D eigenvalue weighted by Gasteiger charge is -2.07. The van der Waals surface area contributed by atoms with Gasteiger partial charge in [-0.15, -0.1) is 0 Å². The van der Waals surface area contributed by atoms with E-state index in [-0.39, 0.29) is 5.97 Å². The molecule has 2 aromatic carbocycles. The van der Waals surface area contributed by atoms with E-state index in [1.807, 2.05) is 6.07 Å². The van der Waals surface area contributed by atoms with Crippen molar-refractivity contribution in [2.75, 3.05) is 13.2 Å². The Morgan fingerprint density at radius 2 is 1.30 bits per heavy atom. The molecule has 2 rings (SSSR count). The molecule has 0 amide bonds. The molecule has 0 bridgehead atoms. The van der Waals surface area contributed by atoms with Crippen molar-refractivity contribution in [2.24, 2.45) is 0 Å². The summed E-state index contributed by atoms with van der Waals surface area (Å²) in [6, 6.07) is 14.2. The van der Waals surface area contributed by atoms with Gasteiger partial charge in [-0.05, 0) is 68.3 Å². The van der Waals surface area contributed by atoms with Crippen LogP contribution in [0, 0.1) is 11.3 Å². The number of esters is 3. The molecule has 0 saturated heterocycles. The van der Waals surface area contributed by atoms with Gasteiger partial charge in [0.15, 0.2) is 0 Å². The van der Waals surface area contributed by atoms with Crippen LogP contribution in [0.2, 0.25) is 0 Å². The highest BCUT2D eigenvalue weighted by Gasteiger charge is 2.11. The predicted octanol–water partition coefficient (Wildman–Crippen LogP) is 5.00. The molecule has 0 aliphatic heterocycles. The Hall–Kier alpha value is -3.92. The summed E-state index contributed by atoms with van der Waals surface area (Å²) >= 11 is 0. The van der Waals surface area contributed by atoms with Gasteiger partial charge in [-0.3, -0.25) is 0 Å². The van der Waals surface area contributed by atoms with E-state index < -0.39 is 11.9 Å². The van der Waals surface area contributed by atoms with Crippen LogP contribution in [0.25, 0.3) is 0 Å². The smallest absolute Gasteiger partial charge is 0.343 e. The summed E-state index contributed by atoms with van der Waals surface area (Å²) < 4.78 is 15.6. The van der Waals surface area contributed by atoms with Crippen molar-refractivity contribution in [3.63, 3.8) is 0 Å². The van der Waals surface area contributed by atoms with Crippen molar-refractivity contribution in [3.8, 4) is 11.8 Å². The zero-order valence-corrected chi connectivity index (χ0v) is 18.7. The average molecular weight is 450 g/mol. The molecule has 0 unspecified atom stereocenters. The van der Waals surface area contributed by atoms with Crippen LogP contribution < -0.4 is 4.74 Å². The predicted molar refractivity (Wildman–Crippen MR) is 122 cm³/mol. The normalized spacial score (nSPS) is 10.1. The van der Waals surface area contributed by atoms with Gasteiger partial charge in [0.25, 0.3) is 0 Å². The second-order valence-corrected chi connectivity index (χ2v) is 7.42. The summed E-state index contributed by atoms with van der Waals surface area (Å²) in [5.74, 6) is -1.05. The Morgan fingerprint density at radius 3 is 1.88 bits per heavy atom. The van der Waals surface area contributed by atoms with Crippen molar-refractivity contribution >= 4 is 17.9 Å². The molecule has 7 heteroatoms. The Labute approximate surface area is 193 Å². The average Bonchev–Trinajstić information content (AvgIpc) is 2.83. The van der Waals surface area contributed by atoms with E-state index in [2.05, 4.69) is 6.58 Å². The molecule has 0 aliphatic carbocycles. The first kappa shape index (κ1) is 25.3. The Morgan fingerprint density at radius 1 is 0.788 bits per heavy atom. The minimum atomic E-state index is -0.552. The first-order valence-electron chi connectivity index (χ1n) is 10.7. The largest absolute Gasteiger partial charge is 0.462 e. The first-order chi connectivity index (χ1) is 15.9. The fourth-order valence-electron chi connectivity index (χ4n) is 2.78. The molecule has 0 fully saturated rings. The number of benzene rings is 2. The van der Waals surface area contributed by atoms with Gasteiger partial charge >= 0.3 is 17.9 Å². The number of hydrogen-bond donors (Lipinski definition) is 0. The number of hydrogen-bond acceptors (Lipinski definition) is 7. The second kappa shape index (κ2) is 13.5. The molecule has 0 aromatic heterocycles. The summed E-state index contributed by atoms with van der Waals surface area (Å²) in [4.78, 5) is 35.5. The van der Waals surface area contributed by atoms with Gasteiger partial charge in [0.05, 0.1) is 36.0 Å². The van der Waals surface area contributed by atoms with Crippen LogP contribution in [0.4, 0.5) is 0 Å². The highest BCUT2D eigenvalue weighted by molar-refractivity contribution is 5.92. The molecular formula is C26H27NO6. The van der Waals surface area contributed by atoms with Crippen molar-refractivity contribution in [2.45, 2.75) is 39.0 Å². The molecule has 0 saturated carbocycles. The van der Waals surface area contributed by atoms with Gasteiger partial charge in [-0.25, -0.2) is 14.4 Å². The van der Waals surface area contributed by atoms with E-state index in [4.69, 9.17) is 19.5 Å². The number of unbranched alkanes of at least 4 members (excludes halogenated alkanes) is 4. The standard InChI is InChI=1S/C26H27NO6/c1-19(2)24(28)31-16-6-4-3-5-7-17-32-25(29)21-12-14-23(15-13-21)33-26(30)22-10-8-20(18-27)9-11-22/h8-15H,1,3-7,16-17H2,2H3. The van der Waals surface area contributed by atoms with E-state index in [0.29, 0.717) is 41.2 Å². The summed E-state index contributed by atoms with van der Waals surface area (Å²) in [5.41, 5.74) is 1.55. The van der Waals surface area contributed by atoms with E-state index in [9.17, 15) is 14.4 Å². The zero-order valence-electron chi connectivity index (χ0n) is 18.7. The van der Waals surface area contributed by atoms with Crippen LogP contribution in [0.5, 0.6) is 5.75 Å². The van der Waals surface area contributed by atoms with Crippen LogP contribution in [0.3, 0.4) is 0 Å². The zero-order chi connectivity index (χ0) is 24.1. The molecular weight excluding hydrogens is 422 g/mol. The molecule has 0 spiro atoms. The summed E-state index contributed by atoms with van der Waals surface area (Å²) in [5, 5.41) is 8.80. The highest BCUT2D eigenvalue weighted by atomic mass is 16.5. The number of carbonyl (C=O) groups is 3. The Bertz CT molecular complexity index is 1000. The molecule has 172 valence electrons. The lowest BCUT2D eigenvalue weighted by Crippen LogP contribution is -2.09. The van der Waals surface area contributed by atoms with E-state index >= 15 is 0 Å². The topological polar surface area (TPSA) is 103 Å². The molecule has 0 aliphatic rings. The van der Waals surface area contributed by atoms with Crippen LogP contribution in [-0.4, -0.2) is 31.1 Å². The molecule has 7 nitrogen and oxygen atoms in total. The monoisotopic (exact) mass is 449 g/mol. The minimum Gasteiger partial charge on any atom is -0.462 e. The Kier molecular flexibility index (Phi) is 10.4. The van der Waals surface area contributed by atoms with E-state index in [1.165, 1.54) is 48.5 Å². The third-order valence-electron chi connectivity index (χ3n) is 4.65. The number of nitrogens with zero attached hydrogens (tertiary/aromatic N) is 1.